The van der Waals surface area contributed by atoms with Crippen molar-refractivity contribution >= 4 is 12.0 Å². The molecule has 5 nitrogen and oxygen atoms in total. The lowest BCUT2D eigenvalue weighted by Crippen LogP contribution is -2.52. The number of aliphatic carboxylic acids is 1. The van der Waals surface area contributed by atoms with E-state index in [9.17, 15) is 14.7 Å². The molecule has 0 spiro atoms. The minimum Gasteiger partial charge on any atom is -0.480 e. The van der Waals surface area contributed by atoms with E-state index in [0.717, 1.165) is 25.7 Å². The second-order valence-electron chi connectivity index (χ2n) is 5.86. The molecule has 1 aliphatic carbocycles. The molecule has 0 aromatic heterocycles. The van der Waals surface area contributed by atoms with Crippen LogP contribution < -0.4 is 10.6 Å². The summed E-state index contributed by atoms with van der Waals surface area (Å²) in [5, 5.41) is 14.7. The summed E-state index contributed by atoms with van der Waals surface area (Å²) in [6.07, 6.45) is 5.05. The molecule has 1 rings (SSSR count). The van der Waals surface area contributed by atoms with Gasteiger partial charge in [-0.2, -0.15) is 0 Å². The third kappa shape index (κ3) is 5.09. The quantitative estimate of drug-likeness (QED) is 0.717. The summed E-state index contributed by atoms with van der Waals surface area (Å²) < 4.78 is 0. The third-order valence-electron chi connectivity index (χ3n) is 4.03. The molecule has 2 atom stereocenters. The first-order chi connectivity index (χ1) is 8.91. The molecule has 1 aliphatic rings. The van der Waals surface area contributed by atoms with Crippen LogP contribution in [-0.2, 0) is 4.79 Å². The number of rotatable bonds is 5. The first kappa shape index (κ1) is 15.8. The van der Waals surface area contributed by atoms with E-state index >= 15 is 0 Å². The van der Waals surface area contributed by atoms with Crippen molar-refractivity contribution in [3.8, 4) is 0 Å². The molecule has 110 valence electrons. The summed E-state index contributed by atoms with van der Waals surface area (Å²) >= 11 is 0. The van der Waals surface area contributed by atoms with Crippen LogP contribution in [0.4, 0.5) is 4.79 Å². The maximum Gasteiger partial charge on any atom is 0.326 e. The summed E-state index contributed by atoms with van der Waals surface area (Å²) in [5.74, 6) is -0.547. The smallest absolute Gasteiger partial charge is 0.326 e. The fourth-order valence-corrected chi connectivity index (χ4v) is 2.41. The molecule has 0 aromatic rings. The van der Waals surface area contributed by atoms with Crippen molar-refractivity contribution in [1.29, 1.82) is 0 Å². The molecule has 2 unspecified atom stereocenters. The molecule has 3 N–H and O–H groups in total. The van der Waals surface area contributed by atoms with E-state index in [4.69, 9.17) is 0 Å². The van der Waals surface area contributed by atoms with Crippen LogP contribution >= 0.6 is 0 Å². The predicted octanol–water partition coefficient (Wildman–Crippen LogP) is 2.36. The van der Waals surface area contributed by atoms with E-state index in [0.29, 0.717) is 5.92 Å². The van der Waals surface area contributed by atoms with Gasteiger partial charge < -0.3 is 15.7 Å². The van der Waals surface area contributed by atoms with Gasteiger partial charge in [0.1, 0.15) is 6.04 Å². The lowest BCUT2D eigenvalue weighted by atomic mass is 9.84. The average molecular weight is 270 g/mol. The fraction of sp³-hybridized carbons (Fsp3) is 0.857. The van der Waals surface area contributed by atoms with Gasteiger partial charge in [0.25, 0.3) is 0 Å². The number of carbonyl (C=O) groups excluding carboxylic acids is 1. The maximum atomic E-state index is 11.8. The highest BCUT2D eigenvalue weighted by molar-refractivity contribution is 5.82. The zero-order chi connectivity index (χ0) is 14.4. The zero-order valence-corrected chi connectivity index (χ0v) is 12.1. The first-order valence-corrected chi connectivity index (χ1v) is 7.21. The van der Waals surface area contributed by atoms with Crippen LogP contribution in [0.1, 0.15) is 52.9 Å². The van der Waals surface area contributed by atoms with E-state index in [-0.39, 0.29) is 18.0 Å². The molecule has 5 heteroatoms. The molecule has 19 heavy (non-hydrogen) atoms. The lowest BCUT2D eigenvalue weighted by Gasteiger charge is -2.28. The molecule has 0 saturated heterocycles. The Kier molecular flexibility index (Phi) is 6.12. The van der Waals surface area contributed by atoms with Gasteiger partial charge >= 0.3 is 12.0 Å². The van der Waals surface area contributed by atoms with Gasteiger partial charge in [0.2, 0.25) is 0 Å². The van der Waals surface area contributed by atoms with Gasteiger partial charge in [-0.05, 0) is 31.6 Å². The molecule has 0 bridgehead atoms. The Morgan fingerprint density at radius 1 is 1.05 bits per heavy atom. The number of urea groups is 1. The topological polar surface area (TPSA) is 78.4 Å². The number of carboxylic acid groups (broad SMARTS) is 1. The number of carbonyl (C=O) groups is 2. The Labute approximate surface area is 115 Å². The number of amides is 2. The van der Waals surface area contributed by atoms with Crippen LogP contribution in [0, 0.1) is 11.8 Å². The number of nitrogens with one attached hydrogen (secondary N) is 2. The van der Waals surface area contributed by atoms with Crippen LogP contribution in [0.25, 0.3) is 0 Å². The highest BCUT2D eigenvalue weighted by Gasteiger charge is 2.30. The molecular formula is C14H26N2O3. The maximum absolute atomic E-state index is 11.8. The summed E-state index contributed by atoms with van der Waals surface area (Å²) in [7, 11) is 0. The van der Waals surface area contributed by atoms with Gasteiger partial charge in [-0.25, -0.2) is 9.59 Å². The number of hydrogen-bond donors (Lipinski definition) is 3. The molecule has 1 fully saturated rings. The van der Waals surface area contributed by atoms with E-state index in [1.165, 1.54) is 6.42 Å². The van der Waals surface area contributed by atoms with Gasteiger partial charge in [-0.1, -0.05) is 33.1 Å². The van der Waals surface area contributed by atoms with Gasteiger partial charge in [0.05, 0.1) is 0 Å². The minimum atomic E-state index is -0.931. The Balaban J connectivity index is 2.53. The van der Waals surface area contributed by atoms with Crippen molar-refractivity contribution in [2.45, 2.75) is 65.0 Å². The summed E-state index contributed by atoms with van der Waals surface area (Å²) in [6, 6.07) is -1.11. The van der Waals surface area contributed by atoms with Gasteiger partial charge in [0.15, 0.2) is 0 Å². The molecule has 0 heterocycles. The van der Waals surface area contributed by atoms with Crippen molar-refractivity contribution in [2.24, 2.45) is 11.8 Å². The predicted molar refractivity (Wildman–Crippen MR) is 74.0 cm³/mol. The molecule has 2 amide bonds. The normalized spacial score (nSPS) is 19.8. The molecule has 0 radical (unpaired) electrons. The zero-order valence-electron chi connectivity index (χ0n) is 12.1. The largest absolute Gasteiger partial charge is 0.480 e. The summed E-state index contributed by atoms with van der Waals surface area (Å²) in [6.45, 7) is 5.95. The van der Waals surface area contributed by atoms with Crippen LogP contribution in [0.3, 0.4) is 0 Å². The first-order valence-electron chi connectivity index (χ1n) is 7.21. The van der Waals surface area contributed by atoms with Gasteiger partial charge in [-0.3, -0.25) is 0 Å². The standard InChI is InChI=1S/C14H26N2O3/c1-9(2)10(3)15-14(19)16-12(13(17)18)11-7-5-4-6-8-11/h9-12H,4-8H2,1-3H3,(H,17,18)(H2,15,16,19). The van der Waals surface area contributed by atoms with Crippen LogP contribution in [0.2, 0.25) is 0 Å². The van der Waals surface area contributed by atoms with Crippen LogP contribution in [-0.4, -0.2) is 29.2 Å². The van der Waals surface area contributed by atoms with E-state index < -0.39 is 12.0 Å². The molecular weight excluding hydrogens is 244 g/mol. The fourth-order valence-electron chi connectivity index (χ4n) is 2.41. The van der Waals surface area contributed by atoms with Crippen molar-refractivity contribution in [3.05, 3.63) is 0 Å². The Bertz CT molecular complexity index is 312. The summed E-state index contributed by atoms with van der Waals surface area (Å²) in [4.78, 5) is 23.1. The van der Waals surface area contributed by atoms with Gasteiger partial charge in [0, 0.05) is 6.04 Å². The molecule has 0 aliphatic heterocycles. The number of hydrogen-bond acceptors (Lipinski definition) is 2. The average Bonchev–Trinajstić information content (AvgIpc) is 2.36. The molecule has 1 saturated carbocycles. The highest BCUT2D eigenvalue weighted by atomic mass is 16.4. The van der Waals surface area contributed by atoms with Crippen molar-refractivity contribution in [2.75, 3.05) is 0 Å². The van der Waals surface area contributed by atoms with Crippen LogP contribution in [0.5, 0.6) is 0 Å². The second kappa shape index (κ2) is 7.36. The van der Waals surface area contributed by atoms with Crippen molar-refractivity contribution in [3.63, 3.8) is 0 Å². The number of carboxylic acids is 1. The van der Waals surface area contributed by atoms with Crippen LogP contribution in [0.15, 0.2) is 0 Å². The second-order valence-corrected chi connectivity index (χ2v) is 5.86. The Morgan fingerprint density at radius 3 is 2.11 bits per heavy atom. The monoisotopic (exact) mass is 270 g/mol. The summed E-state index contributed by atoms with van der Waals surface area (Å²) in [5.41, 5.74) is 0. The SMILES string of the molecule is CC(C)C(C)NC(=O)NC(C(=O)O)C1CCCCC1. The van der Waals surface area contributed by atoms with Crippen molar-refractivity contribution < 1.29 is 14.7 Å². The van der Waals surface area contributed by atoms with Gasteiger partial charge in [-0.15, -0.1) is 0 Å². The van der Waals surface area contributed by atoms with Crippen molar-refractivity contribution in [1.82, 2.24) is 10.6 Å². The Morgan fingerprint density at radius 2 is 1.63 bits per heavy atom. The highest BCUT2D eigenvalue weighted by Crippen LogP contribution is 2.26. The Hall–Kier alpha value is -1.26. The third-order valence-corrected chi connectivity index (χ3v) is 4.03. The molecule has 0 aromatic carbocycles. The van der Waals surface area contributed by atoms with E-state index in [2.05, 4.69) is 10.6 Å². The van der Waals surface area contributed by atoms with E-state index in [1.54, 1.807) is 0 Å². The lowest BCUT2D eigenvalue weighted by molar-refractivity contribution is -0.141. The van der Waals surface area contributed by atoms with E-state index in [1.807, 2.05) is 20.8 Å². The minimum absolute atomic E-state index is 0.0285.